The highest BCUT2D eigenvalue weighted by atomic mass is 16.6. The highest BCUT2D eigenvalue weighted by molar-refractivity contribution is 6.04. The first-order valence-electron chi connectivity index (χ1n) is 8.09. The highest BCUT2D eigenvalue weighted by Crippen LogP contribution is 2.15. The molecule has 10 heteroatoms. The predicted molar refractivity (Wildman–Crippen MR) is 96.9 cm³/mol. The van der Waals surface area contributed by atoms with E-state index in [0.29, 0.717) is 5.56 Å². The van der Waals surface area contributed by atoms with E-state index < -0.39 is 22.7 Å². The van der Waals surface area contributed by atoms with E-state index in [-0.39, 0.29) is 30.3 Å². The summed E-state index contributed by atoms with van der Waals surface area (Å²) in [6.45, 7) is 1.21. The van der Waals surface area contributed by atoms with Crippen molar-refractivity contribution in [1.82, 2.24) is 10.6 Å². The molecule has 1 heterocycles. The predicted octanol–water partition coefficient (Wildman–Crippen LogP) is 1.64. The maximum Gasteiger partial charge on any atom is 0.302 e. The zero-order valence-electron chi connectivity index (χ0n) is 14.8. The van der Waals surface area contributed by atoms with Crippen molar-refractivity contribution in [2.24, 2.45) is 0 Å². The van der Waals surface area contributed by atoms with Crippen molar-refractivity contribution in [2.75, 3.05) is 13.2 Å². The van der Waals surface area contributed by atoms with E-state index in [2.05, 4.69) is 10.6 Å². The Bertz CT molecular complexity index is 904. The van der Waals surface area contributed by atoms with Crippen molar-refractivity contribution in [1.29, 1.82) is 0 Å². The Morgan fingerprint density at radius 2 is 2.04 bits per heavy atom. The van der Waals surface area contributed by atoms with Crippen molar-refractivity contribution in [3.8, 4) is 0 Å². The average Bonchev–Trinajstić information content (AvgIpc) is 3.19. The van der Waals surface area contributed by atoms with Crippen LogP contribution in [0, 0.1) is 10.1 Å². The monoisotopic (exact) mass is 387 g/mol. The number of nitro groups is 1. The molecule has 2 rings (SSSR count). The number of esters is 1. The van der Waals surface area contributed by atoms with E-state index in [9.17, 15) is 24.5 Å². The number of nitrogens with zero attached hydrogens (tertiary/aromatic N) is 1. The highest BCUT2D eigenvalue weighted by Gasteiger charge is 2.16. The number of furan rings is 1. The minimum atomic E-state index is -0.670. The number of carbonyl (C=O) groups is 3. The van der Waals surface area contributed by atoms with Crippen LogP contribution < -0.4 is 10.6 Å². The SMILES string of the molecule is CC(=O)OCCNC(=O)C(=Cc1cccc([N+](=O)[O-])c1)NC(=O)c1ccco1. The molecule has 0 aliphatic heterocycles. The number of non-ortho nitro benzene ring substituents is 1. The zero-order chi connectivity index (χ0) is 20.5. The molecule has 2 N–H and O–H groups in total. The van der Waals surface area contributed by atoms with Gasteiger partial charge in [-0.2, -0.15) is 0 Å². The van der Waals surface area contributed by atoms with Gasteiger partial charge in [0.05, 0.1) is 17.7 Å². The molecule has 0 atom stereocenters. The van der Waals surface area contributed by atoms with E-state index in [0.717, 1.165) is 0 Å². The van der Waals surface area contributed by atoms with Crippen LogP contribution in [-0.4, -0.2) is 35.9 Å². The molecule has 0 unspecified atom stereocenters. The smallest absolute Gasteiger partial charge is 0.302 e. The van der Waals surface area contributed by atoms with Gasteiger partial charge in [-0.15, -0.1) is 0 Å². The van der Waals surface area contributed by atoms with Gasteiger partial charge < -0.3 is 19.8 Å². The topological polar surface area (TPSA) is 141 Å². The quantitative estimate of drug-likeness (QED) is 0.231. The largest absolute Gasteiger partial charge is 0.464 e. The van der Waals surface area contributed by atoms with Crippen molar-refractivity contribution in [3.05, 3.63) is 69.8 Å². The lowest BCUT2D eigenvalue weighted by Crippen LogP contribution is -2.36. The van der Waals surface area contributed by atoms with Gasteiger partial charge >= 0.3 is 5.97 Å². The van der Waals surface area contributed by atoms with Crippen molar-refractivity contribution in [3.63, 3.8) is 0 Å². The van der Waals surface area contributed by atoms with Crippen molar-refractivity contribution >= 4 is 29.5 Å². The summed E-state index contributed by atoms with van der Waals surface area (Å²) in [7, 11) is 0. The number of nitro benzene ring substituents is 1. The summed E-state index contributed by atoms with van der Waals surface area (Å²) in [5.74, 6) is -1.85. The van der Waals surface area contributed by atoms with Crippen molar-refractivity contribution in [2.45, 2.75) is 6.92 Å². The second kappa shape index (κ2) is 9.67. The molecule has 0 fully saturated rings. The van der Waals surface area contributed by atoms with Gasteiger partial charge in [0.1, 0.15) is 12.3 Å². The maximum atomic E-state index is 12.4. The Labute approximate surface area is 159 Å². The van der Waals surface area contributed by atoms with Crippen LogP contribution in [0.5, 0.6) is 0 Å². The van der Waals surface area contributed by atoms with Crippen LogP contribution in [0.1, 0.15) is 23.0 Å². The first-order chi connectivity index (χ1) is 13.4. The minimum Gasteiger partial charge on any atom is -0.464 e. The van der Waals surface area contributed by atoms with E-state index in [1.165, 1.54) is 55.7 Å². The van der Waals surface area contributed by atoms with Crippen LogP contribution in [-0.2, 0) is 14.3 Å². The van der Waals surface area contributed by atoms with Crippen LogP contribution in [0.25, 0.3) is 6.08 Å². The number of amides is 2. The Morgan fingerprint density at radius 3 is 2.68 bits per heavy atom. The van der Waals surface area contributed by atoms with Gasteiger partial charge in [0, 0.05) is 19.1 Å². The summed E-state index contributed by atoms with van der Waals surface area (Å²) in [6, 6.07) is 8.48. The standard InChI is InChI=1S/C18H17N3O7/c1-12(22)27-9-7-19-17(23)15(20-18(24)16-6-3-8-28-16)11-13-4-2-5-14(10-13)21(25)26/h2-6,8,10-11H,7,9H2,1H3,(H,19,23)(H,20,24). The molecule has 2 amide bonds. The maximum absolute atomic E-state index is 12.4. The number of nitrogens with one attached hydrogen (secondary N) is 2. The number of carbonyl (C=O) groups excluding carboxylic acids is 3. The number of hydrogen-bond donors (Lipinski definition) is 2. The fourth-order valence-corrected chi connectivity index (χ4v) is 2.10. The molecule has 146 valence electrons. The second-order valence-electron chi connectivity index (χ2n) is 5.44. The van der Waals surface area contributed by atoms with Crippen LogP contribution >= 0.6 is 0 Å². The molecule has 28 heavy (non-hydrogen) atoms. The average molecular weight is 387 g/mol. The zero-order valence-corrected chi connectivity index (χ0v) is 14.8. The lowest BCUT2D eigenvalue weighted by atomic mass is 10.1. The molecule has 1 aromatic heterocycles. The van der Waals surface area contributed by atoms with Gasteiger partial charge in [0.15, 0.2) is 5.76 Å². The lowest BCUT2D eigenvalue weighted by Gasteiger charge is -2.10. The lowest BCUT2D eigenvalue weighted by molar-refractivity contribution is -0.384. The summed E-state index contributed by atoms with van der Waals surface area (Å²) < 4.78 is 9.71. The molecule has 10 nitrogen and oxygen atoms in total. The van der Waals surface area contributed by atoms with Gasteiger partial charge in [-0.1, -0.05) is 12.1 Å². The number of benzene rings is 1. The van der Waals surface area contributed by atoms with Gasteiger partial charge in [0.25, 0.3) is 17.5 Å². The fourth-order valence-electron chi connectivity index (χ4n) is 2.10. The fraction of sp³-hybridized carbons (Fsp3) is 0.167. The third kappa shape index (κ3) is 6.09. The molecule has 0 spiro atoms. The van der Waals surface area contributed by atoms with Crippen molar-refractivity contribution < 1.29 is 28.5 Å². The molecule has 0 saturated carbocycles. The molecule has 0 saturated heterocycles. The molecule has 2 aromatic rings. The van der Waals surface area contributed by atoms with E-state index >= 15 is 0 Å². The third-order valence-corrected chi connectivity index (χ3v) is 3.32. The van der Waals surface area contributed by atoms with Gasteiger partial charge in [0.2, 0.25) is 0 Å². The van der Waals surface area contributed by atoms with Crippen LogP contribution in [0.3, 0.4) is 0 Å². The Hall–Kier alpha value is -3.95. The molecule has 0 radical (unpaired) electrons. The summed E-state index contributed by atoms with van der Waals surface area (Å²) in [4.78, 5) is 45.7. The number of ether oxygens (including phenoxy) is 1. The summed E-state index contributed by atoms with van der Waals surface area (Å²) in [5, 5.41) is 15.8. The number of rotatable bonds is 8. The Balaban J connectivity index is 2.20. The van der Waals surface area contributed by atoms with Crippen LogP contribution in [0.15, 0.2) is 52.8 Å². The first kappa shape index (κ1) is 20.4. The van der Waals surface area contributed by atoms with Crippen LogP contribution in [0.2, 0.25) is 0 Å². The third-order valence-electron chi connectivity index (χ3n) is 3.32. The number of hydrogen-bond acceptors (Lipinski definition) is 7. The molecular weight excluding hydrogens is 370 g/mol. The molecule has 0 aliphatic carbocycles. The van der Waals surface area contributed by atoms with E-state index in [1.54, 1.807) is 0 Å². The summed E-state index contributed by atoms with van der Waals surface area (Å²) in [5.41, 5.74) is 0.00420. The Morgan fingerprint density at radius 1 is 1.25 bits per heavy atom. The van der Waals surface area contributed by atoms with Gasteiger partial charge in [-0.3, -0.25) is 24.5 Å². The summed E-state index contributed by atoms with van der Waals surface area (Å²) in [6.07, 6.45) is 2.59. The van der Waals surface area contributed by atoms with E-state index in [1.807, 2.05) is 0 Å². The first-order valence-corrected chi connectivity index (χ1v) is 8.09. The minimum absolute atomic E-state index is 0.0152. The summed E-state index contributed by atoms with van der Waals surface area (Å²) >= 11 is 0. The van der Waals surface area contributed by atoms with Crippen LogP contribution in [0.4, 0.5) is 5.69 Å². The van der Waals surface area contributed by atoms with Gasteiger partial charge in [-0.25, -0.2) is 0 Å². The second-order valence-corrected chi connectivity index (χ2v) is 5.44. The Kier molecular flexibility index (Phi) is 7.03. The molecule has 1 aromatic carbocycles. The van der Waals surface area contributed by atoms with Gasteiger partial charge in [-0.05, 0) is 23.8 Å². The normalized spacial score (nSPS) is 10.8. The van der Waals surface area contributed by atoms with E-state index in [4.69, 9.17) is 9.15 Å². The molecular formula is C18H17N3O7. The molecule has 0 aliphatic rings. The molecule has 0 bridgehead atoms.